The van der Waals surface area contributed by atoms with Crippen molar-refractivity contribution in [1.29, 1.82) is 0 Å². The number of aromatic amines is 1. The van der Waals surface area contributed by atoms with Crippen molar-refractivity contribution in [2.45, 2.75) is 45.1 Å². The topological polar surface area (TPSA) is 41.8 Å². The summed E-state index contributed by atoms with van der Waals surface area (Å²) in [6.45, 7) is 4.33. The van der Waals surface area contributed by atoms with Crippen LogP contribution in [0, 0.1) is 6.92 Å². The summed E-state index contributed by atoms with van der Waals surface area (Å²) in [7, 11) is 0. The zero-order valence-corrected chi connectivity index (χ0v) is 10.6. The first-order valence-electron chi connectivity index (χ1n) is 6.44. The maximum Gasteiger partial charge on any atom is 0.0459 e. The van der Waals surface area contributed by atoms with Crippen LogP contribution in [0.2, 0.25) is 0 Å². The first-order valence-corrected chi connectivity index (χ1v) is 6.44. The Bertz CT molecular complexity index is 564. The highest BCUT2D eigenvalue weighted by Crippen LogP contribution is 2.31. The number of aryl methyl sites for hydroxylation is 2. The van der Waals surface area contributed by atoms with E-state index < -0.39 is 0 Å². The lowest BCUT2D eigenvalue weighted by molar-refractivity contribution is 0.429. The minimum atomic E-state index is -0.0515. The number of H-pyrrole nitrogens is 1. The van der Waals surface area contributed by atoms with E-state index in [1.54, 1.807) is 0 Å². The van der Waals surface area contributed by atoms with Crippen LogP contribution >= 0.6 is 0 Å². The molecule has 3 N–H and O–H groups in total. The Morgan fingerprint density at radius 1 is 1.35 bits per heavy atom. The van der Waals surface area contributed by atoms with Crippen LogP contribution in [0.4, 0.5) is 0 Å². The van der Waals surface area contributed by atoms with Crippen molar-refractivity contribution < 1.29 is 0 Å². The third-order valence-electron chi connectivity index (χ3n) is 3.91. The van der Waals surface area contributed by atoms with E-state index in [4.69, 9.17) is 5.73 Å². The minimum Gasteiger partial charge on any atom is -0.358 e. The van der Waals surface area contributed by atoms with E-state index in [2.05, 4.69) is 37.0 Å². The fourth-order valence-electron chi connectivity index (χ4n) is 2.99. The quantitative estimate of drug-likeness (QED) is 0.668. The molecule has 0 aliphatic heterocycles. The van der Waals surface area contributed by atoms with E-state index in [1.807, 2.05) is 0 Å². The van der Waals surface area contributed by atoms with E-state index >= 15 is 0 Å². The highest BCUT2D eigenvalue weighted by molar-refractivity contribution is 5.85. The summed E-state index contributed by atoms with van der Waals surface area (Å²) in [6.07, 6.45) is 4.43. The fraction of sp³-hybridized carbons (Fsp3) is 0.467. The summed E-state index contributed by atoms with van der Waals surface area (Å²) in [5, 5.41) is 1.37. The number of hydrogen-bond donors (Lipinski definition) is 2. The molecule has 0 saturated heterocycles. The summed E-state index contributed by atoms with van der Waals surface area (Å²) in [5.74, 6) is 0. The van der Waals surface area contributed by atoms with Gasteiger partial charge in [0.25, 0.3) is 0 Å². The molecule has 90 valence electrons. The predicted octanol–water partition coefficient (Wildman–Crippen LogP) is 3.07. The van der Waals surface area contributed by atoms with Crippen molar-refractivity contribution in [2.24, 2.45) is 5.73 Å². The molecule has 0 fully saturated rings. The first kappa shape index (κ1) is 10.8. The number of benzene rings is 1. The average Bonchev–Trinajstić information content (AvgIpc) is 2.49. The van der Waals surface area contributed by atoms with Gasteiger partial charge < -0.3 is 10.7 Å². The standard InChI is InChI=1S/C15H20N2/c1-10-5-6-14-11(8-10)12-9-15(2,16)7-3-4-13(12)17-14/h5-6,8,17H,3-4,7,9,16H2,1-2H3. The van der Waals surface area contributed by atoms with Gasteiger partial charge in [0.15, 0.2) is 0 Å². The van der Waals surface area contributed by atoms with Crippen LogP contribution in [0.25, 0.3) is 10.9 Å². The number of aromatic nitrogens is 1. The summed E-state index contributed by atoms with van der Waals surface area (Å²) < 4.78 is 0. The van der Waals surface area contributed by atoms with Crippen LogP contribution in [0.15, 0.2) is 18.2 Å². The van der Waals surface area contributed by atoms with Gasteiger partial charge in [-0.3, -0.25) is 0 Å². The van der Waals surface area contributed by atoms with Gasteiger partial charge in [-0.25, -0.2) is 0 Å². The molecule has 1 atom stereocenters. The predicted molar refractivity (Wildman–Crippen MR) is 72.3 cm³/mol. The summed E-state index contributed by atoms with van der Waals surface area (Å²) >= 11 is 0. The summed E-state index contributed by atoms with van der Waals surface area (Å²) in [5.41, 5.74) is 11.8. The van der Waals surface area contributed by atoms with Crippen molar-refractivity contribution in [1.82, 2.24) is 4.98 Å². The lowest BCUT2D eigenvalue weighted by atomic mass is 9.91. The lowest BCUT2D eigenvalue weighted by Gasteiger charge is -2.22. The maximum atomic E-state index is 6.37. The normalized spacial score (nSPS) is 24.6. The van der Waals surface area contributed by atoms with E-state index in [0.29, 0.717) is 0 Å². The third kappa shape index (κ3) is 1.87. The molecule has 2 nitrogen and oxygen atoms in total. The fourth-order valence-corrected chi connectivity index (χ4v) is 2.99. The smallest absolute Gasteiger partial charge is 0.0459 e. The Morgan fingerprint density at radius 2 is 2.18 bits per heavy atom. The van der Waals surface area contributed by atoms with Gasteiger partial charge in [-0.2, -0.15) is 0 Å². The molecule has 1 aliphatic rings. The Balaban J connectivity index is 2.21. The number of fused-ring (bicyclic) bond motifs is 3. The highest BCUT2D eigenvalue weighted by Gasteiger charge is 2.26. The molecule has 1 aliphatic carbocycles. The van der Waals surface area contributed by atoms with Crippen LogP contribution < -0.4 is 5.73 Å². The monoisotopic (exact) mass is 228 g/mol. The molecule has 1 heterocycles. The molecule has 2 heteroatoms. The van der Waals surface area contributed by atoms with E-state index in [9.17, 15) is 0 Å². The van der Waals surface area contributed by atoms with Gasteiger partial charge in [0.1, 0.15) is 0 Å². The summed E-state index contributed by atoms with van der Waals surface area (Å²) in [6, 6.07) is 6.64. The average molecular weight is 228 g/mol. The molecule has 2 aromatic rings. The van der Waals surface area contributed by atoms with Crippen molar-refractivity contribution in [3.63, 3.8) is 0 Å². The molecule has 1 aromatic carbocycles. The second kappa shape index (κ2) is 3.61. The largest absolute Gasteiger partial charge is 0.358 e. The molecule has 1 aromatic heterocycles. The Kier molecular flexibility index (Phi) is 2.30. The molecular weight excluding hydrogens is 208 g/mol. The molecule has 0 amide bonds. The molecule has 0 bridgehead atoms. The highest BCUT2D eigenvalue weighted by atomic mass is 14.8. The SMILES string of the molecule is Cc1ccc2[nH]c3c(c2c1)CC(C)(N)CCC3. The molecule has 1 unspecified atom stereocenters. The molecule has 3 rings (SSSR count). The number of nitrogens with two attached hydrogens (primary N) is 1. The number of nitrogens with one attached hydrogen (secondary N) is 1. The molecule has 0 radical (unpaired) electrons. The van der Waals surface area contributed by atoms with E-state index in [0.717, 1.165) is 19.3 Å². The second-order valence-electron chi connectivity index (χ2n) is 5.82. The Labute approximate surface area is 102 Å². The molecule has 17 heavy (non-hydrogen) atoms. The van der Waals surface area contributed by atoms with Gasteiger partial charge in [-0.05, 0) is 57.2 Å². The van der Waals surface area contributed by atoms with Gasteiger partial charge in [0.05, 0.1) is 0 Å². The van der Waals surface area contributed by atoms with Crippen LogP contribution in [0.5, 0.6) is 0 Å². The first-order chi connectivity index (χ1) is 8.05. The van der Waals surface area contributed by atoms with Gasteiger partial charge in [-0.15, -0.1) is 0 Å². The summed E-state index contributed by atoms with van der Waals surface area (Å²) in [4.78, 5) is 3.57. The second-order valence-corrected chi connectivity index (χ2v) is 5.82. The van der Waals surface area contributed by atoms with Crippen LogP contribution in [0.1, 0.15) is 36.6 Å². The number of hydrogen-bond acceptors (Lipinski definition) is 1. The van der Waals surface area contributed by atoms with Gasteiger partial charge in [-0.1, -0.05) is 11.6 Å². The van der Waals surface area contributed by atoms with Gasteiger partial charge in [0.2, 0.25) is 0 Å². The van der Waals surface area contributed by atoms with Gasteiger partial charge >= 0.3 is 0 Å². The van der Waals surface area contributed by atoms with Crippen molar-refractivity contribution in [3.8, 4) is 0 Å². The van der Waals surface area contributed by atoms with E-state index in [1.165, 1.54) is 34.1 Å². The van der Waals surface area contributed by atoms with Crippen LogP contribution in [0.3, 0.4) is 0 Å². The molecular formula is C15H20N2. The Hall–Kier alpha value is -1.28. The molecule has 0 saturated carbocycles. The van der Waals surface area contributed by atoms with Gasteiger partial charge in [0, 0.05) is 22.1 Å². The zero-order valence-electron chi connectivity index (χ0n) is 10.6. The van der Waals surface area contributed by atoms with E-state index in [-0.39, 0.29) is 5.54 Å². The zero-order chi connectivity index (χ0) is 12.0. The van der Waals surface area contributed by atoms with Crippen molar-refractivity contribution >= 4 is 10.9 Å². The van der Waals surface area contributed by atoms with Crippen molar-refractivity contribution in [3.05, 3.63) is 35.0 Å². The maximum absolute atomic E-state index is 6.37. The van der Waals surface area contributed by atoms with Crippen molar-refractivity contribution in [2.75, 3.05) is 0 Å². The van der Waals surface area contributed by atoms with Crippen LogP contribution in [-0.2, 0) is 12.8 Å². The minimum absolute atomic E-state index is 0.0515. The third-order valence-corrected chi connectivity index (χ3v) is 3.91. The van der Waals surface area contributed by atoms with Crippen LogP contribution in [-0.4, -0.2) is 10.5 Å². The molecule has 0 spiro atoms. The lowest BCUT2D eigenvalue weighted by Crippen LogP contribution is -2.37. The number of rotatable bonds is 0. The Morgan fingerprint density at radius 3 is 3.00 bits per heavy atom.